The van der Waals surface area contributed by atoms with E-state index in [1.54, 1.807) is 18.2 Å². The minimum absolute atomic E-state index is 0.00440. The highest BCUT2D eigenvalue weighted by molar-refractivity contribution is 7.99. The summed E-state index contributed by atoms with van der Waals surface area (Å²) < 4.78 is 38.1. The Bertz CT molecular complexity index is 659. The Kier molecular flexibility index (Phi) is 5.09. The third-order valence-corrected chi connectivity index (χ3v) is 4.57. The summed E-state index contributed by atoms with van der Waals surface area (Å²) in [6.07, 6.45) is -4.39. The van der Waals surface area contributed by atoms with Crippen molar-refractivity contribution < 1.29 is 13.2 Å². The number of rotatable bonds is 3. The summed E-state index contributed by atoms with van der Waals surface area (Å²) in [5.74, 6) is 0. The van der Waals surface area contributed by atoms with Gasteiger partial charge in [-0.05, 0) is 42.0 Å². The van der Waals surface area contributed by atoms with E-state index >= 15 is 0 Å². The molecule has 2 rings (SSSR count). The van der Waals surface area contributed by atoms with E-state index in [-0.39, 0.29) is 6.54 Å². The molecule has 0 saturated carbocycles. The summed E-state index contributed by atoms with van der Waals surface area (Å²) in [5.41, 5.74) is 5.23. The summed E-state index contributed by atoms with van der Waals surface area (Å²) in [6.45, 7) is 0.00440. The Balaban J connectivity index is 2.38. The SMILES string of the molecule is NCc1cc(C(F)(F)F)ccc1Sc1cc(Cl)ccc1Cl. The number of benzene rings is 2. The first kappa shape index (κ1) is 16.5. The summed E-state index contributed by atoms with van der Waals surface area (Å²) in [7, 11) is 0. The van der Waals surface area contributed by atoms with Crippen molar-refractivity contribution in [2.45, 2.75) is 22.5 Å². The van der Waals surface area contributed by atoms with Crippen molar-refractivity contribution in [2.75, 3.05) is 0 Å². The topological polar surface area (TPSA) is 26.0 Å². The smallest absolute Gasteiger partial charge is 0.326 e. The molecular formula is C14H10Cl2F3NS. The molecule has 0 spiro atoms. The van der Waals surface area contributed by atoms with Gasteiger partial charge in [0.25, 0.3) is 0 Å². The van der Waals surface area contributed by atoms with Gasteiger partial charge in [-0.25, -0.2) is 0 Å². The molecule has 0 aromatic heterocycles. The van der Waals surface area contributed by atoms with Crippen molar-refractivity contribution in [3.05, 3.63) is 57.6 Å². The normalized spacial score (nSPS) is 11.7. The van der Waals surface area contributed by atoms with Crippen molar-refractivity contribution in [1.82, 2.24) is 0 Å². The maximum atomic E-state index is 12.7. The standard InChI is InChI=1S/C14H10Cl2F3NS/c15-10-2-3-11(16)13(6-10)21-12-4-1-9(14(17,18)19)5-8(12)7-20/h1-6H,7,20H2. The summed E-state index contributed by atoms with van der Waals surface area (Å²) in [4.78, 5) is 1.29. The third-order valence-electron chi connectivity index (χ3n) is 2.72. The van der Waals surface area contributed by atoms with Crippen molar-refractivity contribution in [2.24, 2.45) is 5.73 Å². The molecular weight excluding hydrogens is 342 g/mol. The predicted octanol–water partition coefficient (Wildman–Crippen LogP) is 5.62. The van der Waals surface area contributed by atoms with Gasteiger partial charge in [-0.2, -0.15) is 13.2 Å². The van der Waals surface area contributed by atoms with E-state index in [1.807, 2.05) is 0 Å². The van der Waals surface area contributed by atoms with E-state index in [4.69, 9.17) is 28.9 Å². The second kappa shape index (κ2) is 6.48. The van der Waals surface area contributed by atoms with E-state index < -0.39 is 11.7 Å². The summed E-state index contributed by atoms with van der Waals surface area (Å²) in [5, 5.41) is 0.982. The number of alkyl halides is 3. The molecule has 0 heterocycles. The van der Waals surface area contributed by atoms with Crippen LogP contribution in [0.3, 0.4) is 0 Å². The van der Waals surface area contributed by atoms with E-state index in [9.17, 15) is 13.2 Å². The van der Waals surface area contributed by atoms with Gasteiger partial charge in [0.05, 0.1) is 10.6 Å². The molecule has 0 fully saturated rings. The van der Waals surface area contributed by atoms with Crippen molar-refractivity contribution >= 4 is 35.0 Å². The van der Waals surface area contributed by atoms with Crippen LogP contribution in [-0.4, -0.2) is 0 Å². The molecule has 0 radical (unpaired) electrons. The second-order valence-corrected chi connectivity index (χ2v) is 6.13. The lowest BCUT2D eigenvalue weighted by atomic mass is 10.1. The number of hydrogen-bond acceptors (Lipinski definition) is 2. The number of hydrogen-bond donors (Lipinski definition) is 1. The molecule has 0 aliphatic rings. The van der Waals surface area contributed by atoms with Crippen LogP contribution in [0.25, 0.3) is 0 Å². The molecule has 0 unspecified atom stereocenters. The van der Waals surface area contributed by atoms with Gasteiger partial charge in [-0.15, -0.1) is 0 Å². The Morgan fingerprint density at radius 2 is 1.71 bits per heavy atom. The predicted molar refractivity (Wildman–Crippen MR) is 79.9 cm³/mol. The quantitative estimate of drug-likeness (QED) is 0.776. The van der Waals surface area contributed by atoms with Crippen LogP contribution in [0.2, 0.25) is 10.0 Å². The first-order valence-corrected chi connectivity index (χ1v) is 7.41. The van der Waals surface area contributed by atoms with Gasteiger partial charge in [0.15, 0.2) is 0 Å². The van der Waals surface area contributed by atoms with Gasteiger partial charge >= 0.3 is 6.18 Å². The Morgan fingerprint density at radius 3 is 2.33 bits per heavy atom. The molecule has 0 bridgehead atoms. The lowest BCUT2D eigenvalue weighted by Crippen LogP contribution is -2.07. The molecule has 2 aromatic rings. The Morgan fingerprint density at radius 1 is 1.00 bits per heavy atom. The van der Waals surface area contributed by atoms with Crippen molar-refractivity contribution in [3.8, 4) is 0 Å². The van der Waals surface area contributed by atoms with Crippen LogP contribution >= 0.6 is 35.0 Å². The van der Waals surface area contributed by atoms with Gasteiger partial charge in [-0.3, -0.25) is 0 Å². The van der Waals surface area contributed by atoms with Crippen molar-refractivity contribution in [1.29, 1.82) is 0 Å². The fourth-order valence-electron chi connectivity index (χ4n) is 1.69. The van der Waals surface area contributed by atoms with Gasteiger partial charge in [0.2, 0.25) is 0 Å². The molecule has 0 saturated heterocycles. The van der Waals surface area contributed by atoms with Crippen LogP contribution < -0.4 is 5.73 Å². The molecule has 2 aromatic carbocycles. The largest absolute Gasteiger partial charge is 0.416 e. The monoisotopic (exact) mass is 351 g/mol. The third kappa shape index (κ3) is 4.07. The molecule has 1 nitrogen and oxygen atoms in total. The molecule has 21 heavy (non-hydrogen) atoms. The molecule has 7 heteroatoms. The highest BCUT2D eigenvalue weighted by Crippen LogP contribution is 2.38. The molecule has 2 N–H and O–H groups in total. The lowest BCUT2D eigenvalue weighted by Gasteiger charge is -2.13. The van der Waals surface area contributed by atoms with Crippen LogP contribution in [0, 0.1) is 0 Å². The van der Waals surface area contributed by atoms with Crippen LogP contribution in [0.5, 0.6) is 0 Å². The van der Waals surface area contributed by atoms with Crippen LogP contribution in [0.15, 0.2) is 46.2 Å². The van der Waals surface area contributed by atoms with E-state index in [1.165, 1.54) is 17.8 Å². The fourth-order valence-corrected chi connectivity index (χ4v) is 3.16. The number of halogens is 5. The minimum atomic E-state index is -4.39. The maximum Gasteiger partial charge on any atom is 0.416 e. The first-order chi connectivity index (χ1) is 9.81. The van der Waals surface area contributed by atoms with E-state index in [0.29, 0.717) is 25.4 Å². The molecule has 0 atom stereocenters. The van der Waals surface area contributed by atoms with Crippen LogP contribution in [-0.2, 0) is 12.7 Å². The second-order valence-electron chi connectivity index (χ2n) is 4.20. The highest BCUT2D eigenvalue weighted by atomic mass is 35.5. The molecule has 0 amide bonds. The Hall–Kier alpha value is -0.880. The average molecular weight is 352 g/mol. The maximum absolute atomic E-state index is 12.7. The molecule has 0 aliphatic heterocycles. The zero-order valence-corrected chi connectivity index (χ0v) is 12.9. The fraction of sp³-hybridized carbons (Fsp3) is 0.143. The van der Waals surface area contributed by atoms with Gasteiger partial charge in [0.1, 0.15) is 0 Å². The van der Waals surface area contributed by atoms with E-state index in [2.05, 4.69) is 0 Å². The highest BCUT2D eigenvalue weighted by Gasteiger charge is 2.30. The lowest BCUT2D eigenvalue weighted by molar-refractivity contribution is -0.137. The zero-order chi connectivity index (χ0) is 15.6. The Labute approximate surface area is 134 Å². The molecule has 112 valence electrons. The first-order valence-electron chi connectivity index (χ1n) is 5.84. The van der Waals surface area contributed by atoms with E-state index in [0.717, 1.165) is 12.1 Å². The van der Waals surface area contributed by atoms with Gasteiger partial charge < -0.3 is 5.73 Å². The van der Waals surface area contributed by atoms with Crippen LogP contribution in [0.4, 0.5) is 13.2 Å². The minimum Gasteiger partial charge on any atom is -0.326 e. The number of nitrogens with two attached hydrogens (primary N) is 1. The summed E-state index contributed by atoms with van der Waals surface area (Å²) in [6, 6.07) is 8.42. The van der Waals surface area contributed by atoms with Crippen LogP contribution in [0.1, 0.15) is 11.1 Å². The summed E-state index contributed by atoms with van der Waals surface area (Å²) >= 11 is 13.2. The van der Waals surface area contributed by atoms with Gasteiger partial charge in [-0.1, -0.05) is 35.0 Å². The van der Waals surface area contributed by atoms with Gasteiger partial charge in [0, 0.05) is 21.4 Å². The van der Waals surface area contributed by atoms with Crippen molar-refractivity contribution in [3.63, 3.8) is 0 Å². The zero-order valence-electron chi connectivity index (χ0n) is 10.5. The molecule has 0 aliphatic carbocycles. The average Bonchev–Trinajstić information content (AvgIpc) is 2.42.